The van der Waals surface area contributed by atoms with Gasteiger partial charge in [0.1, 0.15) is 5.82 Å². The van der Waals surface area contributed by atoms with Crippen molar-refractivity contribution in [3.63, 3.8) is 0 Å². The smallest absolute Gasteiger partial charge is 0.124 e. The van der Waals surface area contributed by atoms with Gasteiger partial charge in [-0.3, -0.25) is 0 Å². The van der Waals surface area contributed by atoms with Crippen molar-refractivity contribution in [2.75, 3.05) is 0 Å². The van der Waals surface area contributed by atoms with E-state index in [4.69, 9.17) is 0 Å². The van der Waals surface area contributed by atoms with E-state index in [0.717, 1.165) is 16.5 Å². The van der Waals surface area contributed by atoms with Gasteiger partial charge in [-0.1, -0.05) is 40.2 Å². The zero-order chi connectivity index (χ0) is 13.9. The van der Waals surface area contributed by atoms with E-state index in [9.17, 15) is 4.39 Å². The summed E-state index contributed by atoms with van der Waals surface area (Å²) in [5.41, 5.74) is 3.81. The average Bonchev–Trinajstić information content (AvgIpc) is 2.44. The Bertz CT molecular complexity index is 591. The monoisotopic (exact) mass is 333 g/mol. The first-order valence-electron chi connectivity index (χ1n) is 6.98. The first-order valence-corrected chi connectivity index (χ1v) is 7.78. The molecule has 1 aliphatic rings. The summed E-state index contributed by atoms with van der Waals surface area (Å²) in [5, 5.41) is 3.56. The topological polar surface area (TPSA) is 12.0 Å². The molecule has 0 amide bonds. The molecule has 1 nitrogen and oxygen atoms in total. The molecule has 2 aromatic carbocycles. The number of hydrogen-bond acceptors (Lipinski definition) is 1. The Morgan fingerprint density at radius 2 is 2.05 bits per heavy atom. The molecular formula is C17H17BrFN. The third-order valence-corrected chi connectivity index (χ3v) is 4.30. The van der Waals surface area contributed by atoms with Gasteiger partial charge in [0, 0.05) is 17.1 Å². The van der Waals surface area contributed by atoms with Gasteiger partial charge >= 0.3 is 0 Å². The molecule has 0 saturated carbocycles. The minimum atomic E-state index is -0.194. The summed E-state index contributed by atoms with van der Waals surface area (Å²) in [7, 11) is 0. The number of halogens is 2. The number of fused-ring (bicyclic) bond motifs is 1. The molecule has 1 N–H and O–H groups in total. The molecular weight excluding hydrogens is 317 g/mol. The van der Waals surface area contributed by atoms with E-state index in [1.165, 1.54) is 30.0 Å². The van der Waals surface area contributed by atoms with Crippen LogP contribution in [0.5, 0.6) is 0 Å². The maximum atomic E-state index is 13.4. The van der Waals surface area contributed by atoms with Gasteiger partial charge in [0.2, 0.25) is 0 Å². The van der Waals surface area contributed by atoms with Crippen molar-refractivity contribution in [3.05, 3.63) is 69.4 Å². The van der Waals surface area contributed by atoms with Crippen LogP contribution in [0, 0.1) is 5.82 Å². The first kappa shape index (κ1) is 13.8. The van der Waals surface area contributed by atoms with Crippen LogP contribution in [0.15, 0.2) is 46.9 Å². The second-order valence-corrected chi connectivity index (χ2v) is 6.22. The largest absolute Gasteiger partial charge is 0.306 e. The van der Waals surface area contributed by atoms with Gasteiger partial charge in [0.05, 0.1) is 0 Å². The van der Waals surface area contributed by atoms with Crippen molar-refractivity contribution in [1.29, 1.82) is 0 Å². The Balaban J connectivity index is 1.73. The number of aryl methyl sites for hydroxylation is 1. The van der Waals surface area contributed by atoms with Crippen LogP contribution in [-0.2, 0) is 13.0 Å². The van der Waals surface area contributed by atoms with Gasteiger partial charge in [-0.15, -0.1) is 0 Å². The summed E-state index contributed by atoms with van der Waals surface area (Å²) in [5.74, 6) is -0.194. The Hall–Kier alpha value is -1.19. The fourth-order valence-corrected chi connectivity index (χ4v) is 3.43. The van der Waals surface area contributed by atoms with Gasteiger partial charge in [0.15, 0.2) is 0 Å². The lowest BCUT2D eigenvalue weighted by Gasteiger charge is -2.26. The lowest BCUT2D eigenvalue weighted by atomic mass is 9.87. The number of hydrogen-bond donors (Lipinski definition) is 1. The molecule has 0 radical (unpaired) electrons. The lowest BCUT2D eigenvalue weighted by Crippen LogP contribution is -2.24. The van der Waals surface area contributed by atoms with Crippen molar-refractivity contribution in [2.24, 2.45) is 0 Å². The number of benzene rings is 2. The van der Waals surface area contributed by atoms with Gasteiger partial charge in [-0.2, -0.15) is 0 Å². The van der Waals surface area contributed by atoms with E-state index < -0.39 is 0 Å². The van der Waals surface area contributed by atoms with E-state index in [1.807, 2.05) is 6.07 Å². The normalized spacial score (nSPS) is 17.8. The maximum Gasteiger partial charge on any atom is 0.124 e. The Morgan fingerprint density at radius 3 is 2.90 bits per heavy atom. The van der Waals surface area contributed by atoms with Crippen LogP contribution >= 0.6 is 15.9 Å². The van der Waals surface area contributed by atoms with Crippen LogP contribution in [0.25, 0.3) is 0 Å². The van der Waals surface area contributed by atoms with Crippen LogP contribution < -0.4 is 5.32 Å². The zero-order valence-electron chi connectivity index (χ0n) is 11.2. The SMILES string of the molecule is Fc1cc(Br)cc(CNC2CCCc3ccccc32)c1. The maximum absolute atomic E-state index is 13.4. The third-order valence-electron chi connectivity index (χ3n) is 3.84. The minimum Gasteiger partial charge on any atom is -0.306 e. The van der Waals surface area contributed by atoms with Gasteiger partial charge < -0.3 is 5.32 Å². The van der Waals surface area contributed by atoms with Crippen molar-refractivity contribution in [1.82, 2.24) is 5.32 Å². The predicted molar refractivity (Wildman–Crippen MR) is 83.1 cm³/mol. The molecule has 2 aromatic rings. The highest BCUT2D eigenvalue weighted by atomic mass is 79.9. The summed E-state index contributed by atoms with van der Waals surface area (Å²) in [6, 6.07) is 14.0. The molecule has 1 aliphatic carbocycles. The van der Waals surface area contributed by atoms with Gasteiger partial charge in [-0.05, 0) is 54.2 Å². The van der Waals surface area contributed by atoms with Crippen molar-refractivity contribution in [3.8, 4) is 0 Å². The van der Waals surface area contributed by atoms with Crippen molar-refractivity contribution >= 4 is 15.9 Å². The number of rotatable bonds is 3. The summed E-state index contributed by atoms with van der Waals surface area (Å²) >= 11 is 3.34. The highest BCUT2D eigenvalue weighted by Crippen LogP contribution is 2.29. The highest BCUT2D eigenvalue weighted by Gasteiger charge is 2.18. The van der Waals surface area contributed by atoms with Gasteiger partial charge in [0.25, 0.3) is 0 Å². The molecule has 20 heavy (non-hydrogen) atoms. The predicted octanol–water partition coefficient (Wildman–Crippen LogP) is 4.76. The van der Waals surface area contributed by atoms with Gasteiger partial charge in [-0.25, -0.2) is 4.39 Å². The summed E-state index contributed by atoms with van der Waals surface area (Å²) in [4.78, 5) is 0. The summed E-state index contributed by atoms with van der Waals surface area (Å²) < 4.78 is 14.2. The molecule has 3 rings (SSSR count). The average molecular weight is 334 g/mol. The molecule has 0 aromatic heterocycles. The van der Waals surface area contributed by atoms with Crippen LogP contribution in [0.4, 0.5) is 4.39 Å². The van der Waals surface area contributed by atoms with Crippen LogP contribution in [0.3, 0.4) is 0 Å². The minimum absolute atomic E-state index is 0.194. The Labute approximate surface area is 127 Å². The highest BCUT2D eigenvalue weighted by molar-refractivity contribution is 9.10. The molecule has 1 atom stereocenters. The second-order valence-electron chi connectivity index (χ2n) is 5.30. The van der Waals surface area contributed by atoms with E-state index in [1.54, 1.807) is 6.07 Å². The fraction of sp³-hybridized carbons (Fsp3) is 0.294. The van der Waals surface area contributed by atoms with Crippen molar-refractivity contribution in [2.45, 2.75) is 31.8 Å². The van der Waals surface area contributed by atoms with E-state index in [0.29, 0.717) is 12.6 Å². The first-order chi connectivity index (χ1) is 9.72. The molecule has 0 fully saturated rings. The van der Waals surface area contributed by atoms with Crippen LogP contribution in [0.2, 0.25) is 0 Å². The molecule has 0 saturated heterocycles. The van der Waals surface area contributed by atoms with Crippen molar-refractivity contribution < 1.29 is 4.39 Å². The molecule has 104 valence electrons. The molecule has 0 bridgehead atoms. The molecule has 0 heterocycles. The van der Waals surface area contributed by atoms with E-state index in [2.05, 4.69) is 45.5 Å². The Kier molecular flexibility index (Phi) is 4.18. The second kappa shape index (κ2) is 6.06. The third kappa shape index (κ3) is 3.10. The van der Waals surface area contributed by atoms with Crippen LogP contribution in [-0.4, -0.2) is 0 Å². The zero-order valence-corrected chi connectivity index (χ0v) is 12.8. The van der Waals surface area contributed by atoms with E-state index in [-0.39, 0.29) is 5.82 Å². The van der Waals surface area contributed by atoms with Crippen LogP contribution in [0.1, 0.15) is 35.6 Å². The number of nitrogens with one attached hydrogen (secondary N) is 1. The lowest BCUT2D eigenvalue weighted by molar-refractivity contribution is 0.458. The van der Waals surface area contributed by atoms with E-state index >= 15 is 0 Å². The standard InChI is InChI=1S/C17H17BrFN/c18-14-8-12(9-15(19)10-14)11-20-17-7-3-5-13-4-1-2-6-16(13)17/h1-2,4,6,8-10,17,20H,3,5,7,11H2. The quantitative estimate of drug-likeness (QED) is 0.854. The molecule has 1 unspecified atom stereocenters. The molecule has 0 spiro atoms. The fourth-order valence-electron chi connectivity index (χ4n) is 2.92. The molecule has 0 aliphatic heterocycles. The molecule has 3 heteroatoms. The Morgan fingerprint density at radius 1 is 1.20 bits per heavy atom. The summed E-state index contributed by atoms with van der Waals surface area (Å²) in [6.45, 7) is 0.690. The summed E-state index contributed by atoms with van der Waals surface area (Å²) in [6.07, 6.45) is 3.52.